The summed E-state index contributed by atoms with van der Waals surface area (Å²) < 4.78 is 0. The third-order valence-electron chi connectivity index (χ3n) is 10.8. The van der Waals surface area contributed by atoms with Crippen molar-refractivity contribution in [2.75, 3.05) is 0 Å². The van der Waals surface area contributed by atoms with E-state index in [0.29, 0.717) is 0 Å². The highest BCUT2D eigenvalue weighted by molar-refractivity contribution is 6.12. The Hall–Kier alpha value is -6.31. The topological polar surface area (TPSA) is 12.4 Å². The number of rotatable bonds is 4. The number of hydrogen-bond donors (Lipinski definition) is 0. The predicted octanol–water partition coefficient (Wildman–Crippen LogP) is 12.0. The maximum absolute atomic E-state index is 5.68. The maximum atomic E-state index is 5.68. The van der Waals surface area contributed by atoms with E-state index in [1.54, 1.807) is 0 Å². The van der Waals surface area contributed by atoms with Crippen molar-refractivity contribution in [1.82, 2.24) is 0 Å². The quantitative estimate of drug-likeness (QED) is 0.182. The summed E-state index contributed by atoms with van der Waals surface area (Å²) in [6.07, 6.45) is 3.17. The smallest absolute Gasteiger partial charge is 0.0763 e. The van der Waals surface area contributed by atoms with E-state index >= 15 is 0 Å². The molecule has 3 aliphatic rings. The third kappa shape index (κ3) is 4.23. The van der Waals surface area contributed by atoms with Crippen LogP contribution in [0.1, 0.15) is 39.8 Å². The van der Waals surface area contributed by atoms with Crippen LogP contribution >= 0.6 is 0 Å². The molecule has 10 rings (SSSR count). The van der Waals surface area contributed by atoms with Gasteiger partial charge in [-0.05, 0) is 66.8 Å². The van der Waals surface area contributed by atoms with Gasteiger partial charge in [0, 0.05) is 17.6 Å². The molecule has 0 N–H and O–H groups in total. The molecule has 0 atom stereocenters. The first-order valence-electron chi connectivity index (χ1n) is 17.4. The highest BCUT2D eigenvalue weighted by atomic mass is 14.8. The standard InChI is InChI=1S/C49H33N/c1-3-13-33(14-4-1)34-23-25-35(26-24-34)36-27-29-38(30-28-36)46-32-31-39(37-15-5-2-6-16-37)47-48(50-46)42-19-9-12-22-45(42)49(47)43-20-10-7-17-40(43)41-18-8-11-21-44(41)49/h1-31H,32H2. The van der Waals surface area contributed by atoms with Crippen molar-refractivity contribution < 1.29 is 0 Å². The predicted molar refractivity (Wildman–Crippen MR) is 208 cm³/mol. The van der Waals surface area contributed by atoms with E-state index in [2.05, 4.69) is 188 Å². The third-order valence-corrected chi connectivity index (χ3v) is 10.8. The molecule has 2 aliphatic carbocycles. The highest BCUT2D eigenvalue weighted by Crippen LogP contribution is 2.64. The van der Waals surface area contributed by atoms with Crippen molar-refractivity contribution in [3.8, 4) is 33.4 Å². The molecule has 7 aromatic rings. The minimum atomic E-state index is -0.463. The van der Waals surface area contributed by atoms with Gasteiger partial charge < -0.3 is 0 Å². The van der Waals surface area contributed by atoms with Crippen LogP contribution in [-0.2, 0) is 5.41 Å². The van der Waals surface area contributed by atoms with E-state index in [0.717, 1.165) is 23.4 Å². The Kier molecular flexibility index (Phi) is 6.54. The second kappa shape index (κ2) is 11.4. The van der Waals surface area contributed by atoms with Gasteiger partial charge in [0.2, 0.25) is 0 Å². The molecule has 1 nitrogen and oxygen atoms in total. The van der Waals surface area contributed by atoms with Gasteiger partial charge in [0.15, 0.2) is 0 Å². The van der Waals surface area contributed by atoms with Crippen LogP contribution in [0.5, 0.6) is 0 Å². The lowest BCUT2D eigenvalue weighted by atomic mass is 9.67. The highest BCUT2D eigenvalue weighted by Gasteiger charge is 2.54. The van der Waals surface area contributed by atoms with Gasteiger partial charge in [-0.15, -0.1) is 0 Å². The van der Waals surface area contributed by atoms with Crippen LogP contribution in [0.4, 0.5) is 0 Å². The first-order chi connectivity index (χ1) is 24.8. The summed E-state index contributed by atoms with van der Waals surface area (Å²) in [6, 6.07) is 66.3. The van der Waals surface area contributed by atoms with E-state index in [-0.39, 0.29) is 0 Å². The number of nitrogens with zero attached hydrogens (tertiary/aromatic N) is 1. The average Bonchev–Trinajstić information content (AvgIpc) is 3.55. The molecule has 1 heterocycles. The van der Waals surface area contributed by atoms with E-state index in [4.69, 9.17) is 4.99 Å². The fraction of sp³-hybridized carbons (Fsp3) is 0.0408. The van der Waals surface area contributed by atoms with Crippen LogP contribution in [0.2, 0.25) is 0 Å². The lowest BCUT2D eigenvalue weighted by Crippen LogP contribution is -2.28. The van der Waals surface area contributed by atoms with E-state index in [1.165, 1.54) is 72.3 Å². The van der Waals surface area contributed by atoms with E-state index in [1.807, 2.05) is 0 Å². The van der Waals surface area contributed by atoms with Crippen LogP contribution in [0.15, 0.2) is 199 Å². The van der Waals surface area contributed by atoms with Crippen molar-refractivity contribution in [2.24, 2.45) is 4.99 Å². The summed E-state index contributed by atoms with van der Waals surface area (Å²) in [4.78, 5) is 5.68. The van der Waals surface area contributed by atoms with Crippen LogP contribution < -0.4 is 0 Å². The van der Waals surface area contributed by atoms with Gasteiger partial charge in [-0.3, -0.25) is 4.99 Å². The largest absolute Gasteiger partial charge is 0.251 e. The van der Waals surface area contributed by atoms with Gasteiger partial charge in [0.25, 0.3) is 0 Å². The second-order valence-corrected chi connectivity index (χ2v) is 13.4. The lowest BCUT2D eigenvalue weighted by molar-refractivity contribution is 0.790. The molecule has 0 fully saturated rings. The fourth-order valence-corrected chi connectivity index (χ4v) is 8.59. The van der Waals surface area contributed by atoms with Gasteiger partial charge in [0.1, 0.15) is 0 Å². The van der Waals surface area contributed by atoms with E-state index < -0.39 is 5.41 Å². The molecule has 0 radical (unpaired) electrons. The minimum absolute atomic E-state index is 0.463. The van der Waals surface area contributed by atoms with Crippen molar-refractivity contribution in [3.63, 3.8) is 0 Å². The van der Waals surface area contributed by atoms with Gasteiger partial charge in [-0.2, -0.15) is 0 Å². The molecule has 1 spiro atoms. The van der Waals surface area contributed by atoms with Crippen LogP contribution in [0.25, 0.3) is 44.7 Å². The molecule has 0 bridgehead atoms. The Morgan fingerprint density at radius 3 is 1.30 bits per heavy atom. The molecule has 1 heteroatoms. The molecule has 0 unspecified atom stereocenters. The monoisotopic (exact) mass is 635 g/mol. The number of hydrogen-bond acceptors (Lipinski definition) is 1. The summed E-state index contributed by atoms with van der Waals surface area (Å²) >= 11 is 0. The second-order valence-electron chi connectivity index (χ2n) is 13.4. The molecule has 0 saturated heterocycles. The zero-order valence-electron chi connectivity index (χ0n) is 27.6. The van der Waals surface area contributed by atoms with Gasteiger partial charge in [-0.25, -0.2) is 0 Å². The van der Waals surface area contributed by atoms with Gasteiger partial charge in [0.05, 0.1) is 16.8 Å². The van der Waals surface area contributed by atoms with Crippen molar-refractivity contribution >= 4 is 17.0 Å². The molecule has 50 heavy (non-hydrogen) atoms. The summed E-state index contributed by atoms with van der Waals surface area (Å²) in [5.74, 6) is 0. The Bertz CT molecular complexity index is 2470. The van der Waals surface area contributed by atoms with Crippen LogP contribution in [0, 0.1) is 0 Å². The van der Waals surface area contributed by atoms with Gasteiger partial charge in [-0.1, -0.05) is 188 Å². The lowest BCUT2D eigenvalue weighted by Gasteiger charge is -2.33. The minimum Gasteiger partial charge on any atom is -0.251 e. The van der Waals surface area contributed by atoms with Gasteiger partial charge >= 0.3 is 0 Å². The molecule has 0 aromatic heterocycles. The average molecular weight is 636 g/mol. The number of fused-ring (bicyclic) bond motifs is 9. The molecular formula is C49H33N. The molecule has 0 amide bonds. The zero-order valence-corrected chi connectivity index (χ0v) is 27.6. The SMILES string of the molecule is C1=C(c2ccccc2)C2=C(N=C(c3ccc(-c4ccc(-c5ccccc5)cc4)cc3)C1)c1ccccc1C21c2ccccc2-c2ccccc21. The van der Waals surface area contributed by atoms with Crippen LogP contribution in [-0.4, -0.2) is 5.71 Å². The molecule has 1 aliphatic heterocycles. The van der Waals surface area contributed by atoms with Crippen molar-refractivity contribution in [2.45, 2.75) is 11.8 Å². The number of aliphatic imine (C=N–C) groups is 1. The fourth-order valence-electron chi connectivity index (χ4n) is 8.59. The normalized spacial score (nSPS) is 15.0. The Balaban J connectivity index is 1.14. The summed E-state index contributed by atoms with van der Waals surface area (Å²) in [6.45, 7) is 0. The van der Waals surface area contributed by atoms with Crippen LogP contribution in [0.3, 0.4) is 0 Å². The molecule has 7 aromatic carbocycles. The number of allylic oxidation sites excluding steroid dienone is 3. The summed E-state index contributed by atoms with van der Waals surface area (Å²) in [5.41, 5.74) is 19.3. The van der Waals surface area contributed by atoms with Crippen molar-refractivity contribution in [3.05, 3.63) is 227 Å². The Morgan fingerprint density at radius 2 is 0.760 bits per heavy atom. The molecule has 234 valence electrons. The van der Waals surface area contributed by atoms with Crippen molar-refractivity contribution in [1.29, 1.82) is 0 Å². The first-order valence-corrected chi connectivity index (χ1v) is 17.4. The Labute approximate surface area is 293 Å². The number of benzene rings is 7. The first kappa shape index (κ1) is 28.7. The summed E-state index contributed by atoms with van der Waals surface area (Å²) in [7, 11) is 0. The summed E-state index contributed by atoms with van der Waals surface area (Å²) in [5, 5.41) is 0. The Morgan fingerprint density at radius 1 is 0.360 bits per heavy atom. The molecule has 0 saturated carbocycles. The zero-order chi connectivity index (χ0) is 33.1. The maximum Gasteiger partial charge on any atom is 0.0763 e. The van der Waals surface area contributed by atoms with E-state index in [9.17, 15) is 0 Å². The molecular weight excluding hydrogens is 603 g/mol.